The summed E-state index contributed by atoms with van der Waals surface area (Å²) in [5.74, 6) is 0. The molecule has 2 rings (SSSR count). The number of nitrogens with zero attached hydrogens (tertiary/aromatic N) is 1. The van der Waals surface area contributed by atoms with Crippen molar-refractivity contribution in [3.63, 3.8) is 0 Å². The van der Waals surface area contributed by atoms with Gasteiger partial charge in [-0.25, -0.2) is 0 Å². The van der Waals surface area contributed by atoms with Crippen molar-refractivity contribution in [2.45, 2.75) is 18.4 Å². The summed E-state index contributed by atoms with van der Waals surface area (Å²) in [5, 5.41) is 10.1. The first kappa shape index (κ1) is 14.3. The van der Waals surface area contributed by atoms with Gasteiger partial charge in [0, 0.05) is 13.1 Å². The van der Waals surface area contributed by atoms with E-state index < -0.39 is 23.9 Å². The number of aliphatic hydroxyl groups is 1. The Morgan fingerprint density at radius 2 is 2.16 bits per heavy atom. The largest absolute Gasteiger partial charge is 0.416 e. The zero-order valence-corrected chi connectivity index (χ0v) is 10.5. The summed E-state index contributed by atoms with van der Waals surface area (Å²) in [7, 11) is 1.88. The molecule has 1 N–H and O–H groups in total. The Balaban J connectivity index is 2.17. The van der Waals surface area contributed by atoms with E-state index in [1.54, 1.807) is 0 Å². The number of benzene rings is 1. The Labute approximate surface area is 109 Å². The van der Waals surface area contributed by atoms with Crippen LogP contribution in [-0.2, 0) is 10.9 Å². The van der Waals surface area contributed by atoms with Crippen LogP contribution >= 0.6 is 0 Å². The number of alkyl halides is 3. The van der Waals surface area contributed by atoms with Gasteiger partial charge in [-0.15, -0.1) is 0 Å². The molecule has 1 heterocycles. The molecule has 0 saturated carbocycles. The van der Waals surface area contributed by atoms with Gasteiger partial charge in [0.15, 0.2) is 0 Å². The smallest absolute Gasteiger partial charge is 0.386 e. The molecule has 0 aromatic heterocycles. The Hall–Kier alpha value is -1.11. The molecule has 2 atom stereocenters. The van der Waals surface area contributed by atoms with Gasteiger partial charge in [-0.2, -0.15) is 13.2 Å². The molecule has 1 aromatic rings. The average Bonchev–Trinajstić information content (AvgIpc) is 2.37. The third-order valence-electron chi connectivity index (χ3n) is 3.20. The topological polar surface area (TPSA) is 32.7 Å². The second-order valence-electron chi connectivity index (χ2n) is 4.74. The number of hydrogen-bond donors (Lipinski definition) is 1. The molecule has 1 aliphatic heterocycles. The Bertz CT molecular complexity index is 436. The molecule has 1 fully saturated rings. The number of likely N-dealkylation sites (N-methyl/N-ethyl adjacent to an activating group) is 1. The van der Waals surface area contributed by atoms with Crippen molar-refractivity contribution >= 4 is 0 Å². The Morgan fingerprint density at radius 3 is 2.79 bits per heavy atom. The molecule has 0 amide bonds. The minimum absolute atomic E-state index is 0.232. The van der Waals surface area contributed by atoms with Crippen molar-refractivity contribution in [3.8, 4) is 0 Å². The summed E-state index contributed by atoms with van der Waals surface area (Å²) in [6.45, 7) is 1.72. The van der Waals surface area contributed by atoms with E-state index in [0.717, 1.165) is 18.7 Å². The van der Waals surface area contributed by atoms with Crippen LogP contribution in [0, 0.1) is 0 Å². The van der Waals surface area contributed by atoms with E-state index in [1.807, 2.05) is 11.9 Å². The number of ether oxygens (including phenoxy) is 1. The lowest BCUT2D eigenvalue weighted by Gasteiger charge is -2.33. The average molecular weight is 275 g/mol. The predicted octanol–water partition coefficient (Wildman–Crippen LogP) is 2.07. The first-order valence-corrected chi connectivity index (χ1v) is 6.03. The zero-order chi connectivity index (χ0) is 14.0. The van der Waals surface area contributed by atoms with Crippen LogP contribution in [0.5, 0.6) is 0 Å². The summed E-state index contributed by atoms with van der Waals surface area (Å²) in [6, 6.07) is 4.75. The summed E-state index contributed by atoms with van der Waals surface area (Å²) in [6.07, 6.45) is -5.95. The highest BCUT2D eigenvalue weighted by Gasteiger charge is 2.32. The second kappa shape index (κ2) is 5.48. The van der Waals surface area contributed by atoms with Crippen molar-refractivity contribution in [1.82, 2.24) is 4.90 Å². The quantitative estimate of drug-likeness (QED) is 0.897. The summed E-state index contributed by atoms with van der Waals surface area (Å²) in [5.41, 5.74) is -0.525. The lowest BCUT2D eigenvalue weighted by Crippen LogP contribution is -2.43. The van der Waals surface area contributed by atoms with E-state index in [-0.39, 0.29) is 5.56 Å². The predicted molar refractivity (Wildman–Crippen MR) is 63.6 cm³/mol. The molecule has 0 spiro atoms. The second-order valence-corrected chi connectivity index (χ2v) is 4.74. The van der Waals surface area contributed by atoms with Gasteiger partial charge in [-0.05, 0) is 24.7 Å². The van der Waals surface area contributed by atoms with Gasteiger partial charge in [0.2, 0.25) is 0 Å². The zero-order valence-electron chi connectivity index (χ0n) is 10.5. The molecular weight excluding hydrogens is 259 g/mol. The number of morpholine rings is 1. The standard InChI is InChI=1S/C13H16F3NO2/c1-17-5-6-19-11(8-17)12(18)9-3-2-4-10(7-9)13(14,15)16/h2-4,7,11-12,18H,5-6,8H2,1H3. The summed E-state index contributed by atoms with van der Waals surface area (Å²) in [4.78, 5) is 1.98. The van der Waals surface area contributed by atoms with Crippen molar-refractivity contribution < 1.29 is 23.0 Å². The van der Waals surface area contributed by atoms with Crippen LogP contribution in [0.15, 0.2) is 24.3 Å². The molecule has 6 heteroatoms. The van der Waals surface area contributed by atoms with E-state index in [0.29, 0.717) is 13.2 Å². The fraction of sp³-hybridized carbons (Fsp3) is 0.538. The van der Waals surface area contributed by atoms with Gasteiger partial charge in [-0.3, -0.25) is 0 Å². The normalized spacial score (nSPS) is 23.3. The van der Waals surface area contributed by atoms with E-state index in [4.69, 9.17) is 4.74 Å². The Kier molecular flexibility index (Phi) is 4.13. The molecular formula is C13H16F3NO2. The van der Waals surface area contributed by atoms with E-state index >= 15 is 0 Å². The number of hydrogen-bond acceptors (Lipinski definition) is 3. The molecule has 0 aliphatic carbocycles. The van der Waals surface area contributed by atoms with E-state index in [1.165, 1.54) is 12.1 Å². The maximum Gasteiger partial charge on any atom is 0.416 e. The Morgan fingerprint density at radius 1 is 1.42 bits per heavy atom. The first-order chi connectivity index (χ1) is 8.88. The minimum atomic E-state index is -4.40. The van der Waals surface area contributed by atoms with Gasteiger partial charge < -0.3 is 14.7 Å². The lowest BCUT2D eigenvalue weighted by atomic mass is 10.0. The molecule has 1 aromatic carbocycles. The van der Waals surface area contributed by atoms with Gasteiger partial charge >= 0.3 is 6.18 Å². The highest BCUT2D eigenvalue weighted by molar-refractivity contribution is 5.27. The van der Waals surface area contributed by atoms with Crippen LogP contribution in [0.2, 0.25) is 0 Å². The van der Waals surface area contributed by atoms with Crippen LogP contribution in [0.3, 0.4) is 0 Å². The number of rotatable bonds is 2. The maximum absolute atomic E-state index is 12.6. The molecule has 1 aliphatic rings. The lowest BCUT2D eigenvalue weighted by molar-refractivity contribution is -0.137. The first-order valence-electron chi connectivity index (χ1n) is 6.03. The molecule has 1 saturated heterocycles. The van der Waals surface area contributed by atoms with Crippen LogP contribution in [-0.4, -0.2) is 42.9 Å². The van der Waals surface area contributed by atoms with Gasteiger partial charge in [0.05, 0.1) is 12.2 Å². The fourth-order valence-electron chi connectivity index (χ4n) is 2.12. The third-order valence-corrected chi connectivity index (χ3v) is 3.20. The molecule has 106 valence electrons. The van der Waals surface area contributed by atoms with Crippen LogP contribution < -0.4 is 0 Å². The van der Waals surface area contributed by atoms with Gasteiger partial charge in [0.1, 0.15) is 12.2 Å². The molecule has 0 radical (unpaired) electrons. The molecule has 19 heavy (non-hydrogen) atoms. The SMILES string of the molecule is CN1CCOC(C(O)c2cccc(C(F)(F)F)c2)C1. The van der Waals surface area contributed by atoms with Crippen LogP contribution in [0.4, 0.5) is 13.2 Å². The maximum atomic E-state index is 12.6. The number of aliphatic hydroxyl groups excluding tert-OH is 1. The van der Waals surface area contributed by atoms with Crippen molar-refractivity contribution in [1.29, 1.82) is 0 Å². The van der Waals surface area contributed by atoms with Crippen LogP contribution in [0.25, 0.3) is 0 Å². The molecule has 3 nitrogen and oxygen atoms in total. The monoisotopic (exact) mass is 275 g/mol. The van der Waals surface area contributed by atoms with E-state index in [2.05, 4.69) is 0 Å². The summed E-state index contributed by atoms with van der Waals surface area (Å²) < 4.78 is 43.3. The van der Waals surface area contributed by atoms with Crippen LogP contribution in [0.1, 0.15) is 17.2 Å². The van der Waals surface area contributed by atoms with Crippen molar-refractivity contribution in [3.05, 3.63) is 35.4 Å². The minimum Gasteiger partial charge on any atom is -0.386 e. The highest BCUT2D eigenvalue weighted by atomic mass is 19.4. The molecule has 2 unspecified atom stereocenters. The fourth-order valence-corrected chi connectivity index (χ4v) is 2.12. The third kappa shape index (κ3) is 3.46. The van der Waals surface area contributed by atoms with E-state index in [9.17, 15) is 18.3 Å². The van der Waals surface area contributed by atoms with Gasteiger partial charge in [-0.1, -0.05) is 12.1 Å². The van der Waals surface area contributed by atoms with Crippen molar-refractivity contribution in [2.75, 3.05) is 26.7 Å². The van der Waals surface area contributed by atoms with Gasteiger partial charge in [0.25, 0.3) is 0 Å². The summed E-state index contributed by atoms with van der Waals surface area (Å²) >= 11 is 0. The number of halogens is 3. The molecule has 0 bridgehead atoms. The van der Waals surface area contributed by atoms with Crippen molar-refractivity contribution in [2.24, 2.45) is 0 Å². The highest BCUT2D eigenvalue weighted by Crippen LogP contribution is 2.32.